The largest absolute Gasteiger partial charge is 0.461 e. The van der Waals surface area contributed by atoms with Crippen LogP contribution in [0.3, 0.4) is 0 Å². The predicted molar refractivity (Wildman–Crippen MR) is 111 cm³/mol. The summed E-state index contributed by atoms with van der Waals surface area (Å²) in [4.78, 5) is 36.1. The van der Waals surface area contributed by atoms with Crippen molar-refractivity contribution in [3.8, 4) is 11.3 Å². The first-order valence-electron chi connectivity index (χ1n) is 9.79. The maximum Gasteiger partial charge on any atom is 0.306 e. The Morgan fingerprint density at radius 3 is 2.67 bits per heavy atom. The fourth-order valence-corrected chi connectivity index (χ4v) is 3.39. The van der Waals surface area contributed by atoms with Gasteiger partial charge >= 0.3 is 5.97 Å². The predicted octanol–water partition coefficient (Wildman–Crippen LogP) is 4.36. The zero-order valence-corrected chi connectivity index (χ0v) is 16.5. The van der Waals surface area contributed by atoms with Crippen LogP contribution in [0.4, 0.5) is 5.69 Å². The molecule has 6 heteroatoms. The number of hydrogen-bond donors (Lipinski definition) is 1. The van der Waals surface area contributed by atoms with E-state index in [0.717, 1.165) is 22.6 Å². The summed E-state index contributed by atoms with van der Waals surface area (Å²) in [6, 6.07) is 18.4. The lowest BCUT2D eigenvalue weighted by Gasteiger charge is -2.07. The molecule has 0 unspecified atom stereocenters. The normalized spacial score (nSPS) is 14.8. The molecule has 0 fully saturated rings. The van der Waals surface area contributed by atoms with Gasteiger partial charge in [0.05, 0.1) is 12.3 Å². The molecule has 1 aromatic heterocycles. The summed E-state index contributed by atoms with van der Waals surface area (Å²) in [5.41, 5.74) is 2.89. The van der Waals surface area contributed by atoms with Gasteiger partial charge in [0, 0.05) is 23.2 Å². The molecular formula is C24H21NO5. The van der Waals surface area contributed by atoms with Crippen molar-refractivity contribution in [1.29, 1.82) is 0 Å². The minimum Gasteiger partial charge on any atom is -0.461 e. The Morgan fingerprint density at radius 2 is 1.87 bits per heavy atom. The van der Waals surface area contributed by atoms with Gasteiger partial charge in [0.25, 0.3) is 0 Å². The van der Waals surface area contributed by atoms with Gasteiger partial charge in [-0.05, 0) is 42.8 Å². The standard InChI is InChI=1S/C24H21NO5/c1-15-19-13-17(7-10-20(19)25-24(15)28)21(26)14-29-23(27)12-9-18-8-11-22(30-18)16-5-3-2-4-6-16/h2-8,10-11,13,15H,9,12,14H2,1H3,(H,25,28)/t15-/m1/s1. The van der Waals surface area contributed by atoms with Crippen LogP contribution in [-0.2, 0) is 20.7 Å². The first-order valence-corrected chi connectivity index (χ1v) is 9.79. The molecule has 0 radical (unpaired) electrons. The molecule has 2 aromatic carbocycles. The highest BCUT2D eigenvalue weighted by atomic mass is 16.5. The summed E-state index contributed by atoms with van der Waals surface area (Å²) in [5, 5.41) is 2.76. The Hall–Kier alpha value is -3.67. The van der Waals surface area contributed by atoms with E-state index < -0.39 is 5.97 Å². The number of Topliss-reactive ketones (excluding diaryl/α,β-unsaturated/α-hetero) is 1. The number of benzene rings is 2. The highest BCUT2D eigenvalue weighted by molar-refractivity contribution is 6.05. The van der Waals surface area contributed by atoms with Crippen molar-refractivity contribution in [2.45, 2.75) is 25.7 Å². The molecule has 2 heterocycles. The fourth-order valence-electron chi connectivity index (χ4n) is 3.39. The van der Waals surface area contributed by atoms with Crippen molar-refractivity contribution in [3.63, 3.8) is 0 Å². The molecule has 1 aliphatic heterocycles. The second kappa shape index (κ2) is 8.37. The molecule has 0 spiro atoms. The van der Waals surface area contributed by atoms with Crippen molar-refractivity contribution in [2.75, 3.05) is 11.9 Å². The fraction of sp³-hybridized carbons (Fsp3) is 0.208. The molecule has 3 aromatic rings. The SMILES string of the molecule is C[C@H]1C(=O)Nc2ccc(C(=O)COC(=O)CCc3ccc(-c4ccccc4)o3)cc21. The summed E-state index contributed by atoms with van der Waals surface area (Å²) in [7, 11) is 0. The van der Waals surface area contributed by atoms with Gasteiger partial charge in [-0.15, -0.1) is 0 Å². The van der Waals surface area contributed by atoms with Gasteiger partial charge in [0.1, 0.15) is 11.5 Å². The van der Waals surface area contributed by atoms with Crippen LogP contribution >= 0.6 is 0 Å². The molecule has 1 N–H and O–H groups in total. The zero-order valence-electron chi connectivity index (χ0n) is 16.5. The topological polar surface area (TPSA) is 85.6 Å². The molecule has 1 aliphatic rings. The lowest BCUT2D eigenvalue weighted by Crippen LogP contribution is -2.14. The summed E-state index contributed by atoms with van der Waals surface area (Å²) >= 11 is 0. The number of hydrogen-bond acceptors (Lipinski definition) is 5. The molecule has 0 saturated heterocycles. The second-order valence-corrected chi connectivity index (χ2v) is 7.23. The van der Waals surface area contributed by atoms with Crippen molar-refractivity contribution in [3.05, 3.63) is 77.6 Å². The third kappa shape index (κ3) is 4.17. The van der Waals surface area contributed by atoms with Crippen LogP contribution < -0.4 is 5.32 Å². The first-order chi connectivity index (χ1) is 14.5. The molecule has 0 saturated carbocycles. The molecular weight excluding hydrogens is 382 g/mol. The third-order valence-electron chi connectivity index (χ3n) is 5.15. The number of carbonyl (C=O) groups excluding carboxylic acids is 3. The smallest absolute Gasteiger partial charge is 0.306 e. The summed E-state index contributed by atoms with van der Waals surface area (Å²) < 4.78 is 10.9. The zero-order chi connectivity index (χ0) is 21.1. The Kier molecular flexibility index (Phi) is 5.48. The van der Waals surface area contributed by atoms with Gasteiger partial charge in [0.2, 0.25) is 5.91 Å². The number of carbonyl (C=O) groups is 3. The Morgan fingerprint density at radius 1 is 1.07 bits per heavy atom. The quantitative estimate of drug-likeness (QED) is 0.468. The van der Waals surface area contributed by atoms with Crippen LogP contribution in [0.15, 0.2) is 65.1 Å². The van der Waals surface area contributed by atoms with E-state index in [2.05, 4.69) is 5.32 Å². The molecule has 0 bridgehead atoms. The van der Waals surface area contributed by atoms with E-state index in [1.165, 1.54) is 0 Å². The van der Waals surface area contributed by atoms with Gasteiger partial charge in [-0.3, -0.25) is 14.4 Å². The Labute approximate surface area is 173 Å². The number of furan rings is 1. The van der Waals surface area contributed by atoms with Crippen LogP contribution in [0.25, 0.3) is 11.3 Å². The summed E-state index contributed by atoms with van der Waals surface area (Å²) in [6.07, 6.45) is 0.513. The lowest BCUT2D eigenvalue weighted by atomic mass is 9.99. The highest BCUT2D eigenvalue weighted by Gasteiger charge is 2.27. The minimum atomic E-state index is -0.465. The van der Waals surface area contributed by atoms with Crippen molar-refractivity contribution in [2.24, 2.45) is 0 Å². The number of ketones is 1. The van der Waals surface area contributed by atoms with Gasteiger partial charge in [-0.25, -0.2) is 0 Å². The number of amides is 1. The average molecular weight is 403 g/mol. The third-order valence-corrected chi connectivity index (χ3v) is 5.15. The van der Waals surface area contributed by atoms with E-state index in [4.69, 9.17) is 9.15 Å². The lowest BCUT2D eigenvalue weighted by molar-refractivity contribution is -0.142. The van der Waals surface area contributed by atoms with Gasteiger partial charge in [-0.1, -0.05) is 30.3 Å². The molecule has 1 amide bonds. The maximum atomic E-state index is 12.4. The van der Waals surface area contributed by atoms with E-state index in [1.54, 1.807) is 25.1 Å². The molecule has 6 nitrogen and oxygen atoms in total. The van der Waals surface area contributed by atoms with Crippen molar-refractivity contribution >= 4 is 23.3 Å². The van der Waals surface area contributed by atoms with Gasteiger partial charge < -0.3 is 14.5 Å². The maximum absolute atomic E-state index is 12.4. The Balaban J connectivity index is 1.28. The average Bonchev–Trinajstić information content (AvgIpc) is 3.35. The number of esters is 1. The molecule has 1 atom stereocenters. The van der Waals surface area contributed by atoms with Crippen LogP contribution in [0.5, 0.6) is 0 Å². The Bertz CT molecular complexity index is 1100. The van der Waals surface area contributed by atoms with E-state index >= 15 is 0 Å². The van der Waals surface area contributed by atoms with E-state index in [0.29, 0.717) is 17.7 Å². The molecule has 152 valence electrons. The van der Waals surface area contributed by atoms with Crippen molar-refractivity contribution < 1.29 is 23.5 Å². The van der Waals surface area contributed by atoms with Gasteiger partial charge in [0.15, 0.2) is 12.4 Å². The summed E-state index contributed by atoms with van der Waals surface area (Å²) in [5.74, 6) is 0.267. The van der Waals surface area contributed by atoms with Crippen LogP contribution in [0.2, 0.25) is 0 Å². The van der Waals surface area contributed by atoms with Crippen LogP contribution in [-0.4, -0.2) is 24.3 Å². The highest BCUT2D eigenvalue weighted by Crippen LogP contribution is 2.32. The number of rotatable bonds is 7. The van der Waals surface area contributed by atoms with Crippen LogP contribution in [0.1, 0.15) is 40.9 Å². The van der Waals surface area contributed by atoms with E-state index in [9.17, 15) is 14.4 Å². The van der Waals surface area contributed by atoms with E-state index in [-0.39, 0.29) is 30.6 Å². The molecule has 4 rings (SSSR count). The molecule has 0 aliphatic carbocycles. The van der Waals surface area contributed by atoms with E-state index in [1.807, 2.05) is 42.5 Å². The minimum absolute atomic E-state index is 0.0885. The first kappa shape index (κ1) is 19.6. The molecule has 30 heavy (non-hydrogen) atoms. The number of anilines is 1. The number of ether oxygens (including phenoxy) is 1. The summed E-state index contributed by atoms with van der Waals surface area (Å²) in [6.45, 7) is 1.45. The second-order valence-electron chi connectivity index (χ2n) is 7.23. The van der Waals surface area contributed by atoms with Crippen LogP contribution in [0, 0.1) is 0 Å². The monoisotopic (exact) mass is 403 g/mol. The van der Waals surface area contributed by atoms with Crippen molar-refractivity contribution in [1.82, 2.24) is 0 Å². The van der Waals surface area contributed by atoms with Gasteiger partial charge in [-0.2, -0.15) is 0 Å². The number of aryl methyl sites for hydroxylation is 1. The number of fused-ring (bicyclic) bond motifs is 1. The number of nitrogens with one attached hydrogen (secondary N) is 1.